The summed E-state index contributed by atoms with van der Waals surface area (Å²) in [6.07, 6.45) is 0.918. The molecule has 0 spiro atoms. The van der Waals surface area contributed by atoms with Crippen LogP contribution in [-0.2, 0) is 6.42 Å². The number of carbonyl (C=O) groups is 1. The second-order valence-electron chi connectivity index (χ2n) is 7.35. The SMILES string of the molecule is CCc1ccc(C(=O)CSc2nc3ccccc3c(=O)n2-c2ccc(OC)c(OC)c2)cc1. The lowest BCUT2D eigenvalue weighted by Gasteiger charge is -2.15. The van der Waals surface area contributed by atoms with Crippen LogP contribution in [0.4, 0.5) is 0 Å². The smallest absolute Gasteiger partial charge is 0.266 e. The molecule has 4 rings (SSSR count). The molecule has 168 valence electrons. The number of aryl methyl sites for hydroxylation is 1. The van der Waals surface area contributed by atoms with E-state index in [0.29, 0.717) is 38.8 Å². The number of fused-ring (bicyclic) bond motifs is 1. The molecule has 0 bridgehead atoms. The van der Waals surface area contributed by atoms with E-state index in [-0.39, 0.29) is 17.1 Å². The zero-order chi connectivity index (χ0) is 23.4. The van der Waals surface area contributed by atoms with E-state index in [2.05, 4.69) is 6.92 Å². The molecule has 6 nitrogen and oxygen atoms in total. The van der Waals surface area contributed by atoms with E-state index >= 15 is 0 Å². The molecule has 0 N–H and O–H groups in total. The van der Waals surface area contributed by atoms with Gasteiger partial charge in [0.25, 0.3) is 5.56 Å². The number of ketones is 1. The van der Waals surface area contributed by atoms with E-state index in [1.165, 1.54) is 21.9 Å². The highest BCUT2D eigenvalue weighted by molar-refractivity contribution is 7.99. The molecular weight excluding hydrogens is 436 g/mol. The second-order valence-corrected chi connectivity index (χ2v) is 8.30. The Bertz CT molecular complexity index is 1360. The van der Waals surface area contributed by atoms with Gasteiger partial charge in [0.2, 0.25) is 0 Å². The minimum atomic E-state index is -0.213. The zero-order valence-corrected chi connectivity index (χ0v) is 19.5. The standard InChI is InChI=1S/C26H24N2O4S/c1-4-17-9-11-18(12-10-17)22(29)16-33-26-27-21-8-6-5-7-20(21)25(30)28(26)19-13-14-23(31-2)24(15-19)32-3/h5-15H,4,16H2,1-3H3. The molecule has 3 aromatic carbocycles. The number of thioether (sulfide) groups is 1. The van der Waals surface area contributed by atoms with Gasteiger partial charge in [-0.1, -0.05) is 55.1 Å². The van der Waals surface area contributed by atoms with Gasteiger partial charge in [0, 0.05) is 11.6 Å². The number of carbonyl (C=O) groups excluding carboxylic acids is 1. The van der Waals surface area contributed by atoms with Crippen molar-refractivity contribution in [1.29, 1.82) is 0 Å². The third-order valence-corrected chi connectivity index (χ3v) is 6.33. The number of ether oxygens (including phenoxy) is 2. The summed E-state index contributed by atoms with van der Waals surface area (Å²) in [5.41, 5.74) is 2.77. The van der Waals surface area contributed by atoms with Crippen molar-refractivity contribution in [3.63, 3.8) is 0 Å². The van der Waals surface area contributed by atoms with Crippen molar-refractivity contribution in [2.75, 3.05) is 20.0 Å². The Balaban J connectivity index is 1.75. The van der Waals surface area contributed by atoms with Gasteiger partial charge in [0.1, 0.15) is 0 Å². The summed E-state index contributed by atoms with van der Waals surface area (Å²) in [5, 5.41) is 0.933. The Morgan fingerprint density at radius 3 is 2.39 bits per heavy atom. The molecule has 0 fully saturated rings. The van der Waals surface area contributed by atoms with Crippen LogP contribution in [0.25, 0.3) is 16.6 Å². The van der Waals surface area contributed by atoms with Gasteiger partial charge in [0.05, 0.1) is 36.6 Å². The first-order chi connectivity index (χ1) is 16.0. The van der Waals surface area contributed by atoms with Crippen LogP contribution in [0, 0.1) is 0 Å². The Kier molecular flexibility index (Phi) is 6.79. The molecule has 33 heavy (non-hydrogen) atoms. The van der Waals surface area contributed by atoms with Crippen molar-refractivity contribution in [2.24, 2.45) is 0 Å². The highest BCUT2D eigenvalue weighted by atomic mass is 32.2. The second kappa shape index (κ2) is 9.92. The van der Waals surface area contributed by atoms with E-state index in [4.69, 9.17) is 14.5 Å². The van der Waals surface area contributed by atoms with Crippen LogP contribution >= 0.6 is 11.8 Å². The van der Waals surface area contributed by atoms with Crippen molar-refractivity contribution < 1.29 is 14.3 Å². The highest BCUT2D eigenvalue weighted by Crippen LogP contribution is 2.30. The lowest BCUT2D eigenvalue weighted by atomic mass is 10.1. The minimum absolute atomic E-state index is 0.0241. The lowest BCUT2D eigenvalue weighted by Crippen LogP contribution is -2.22. The van der Waals surface area contributed by atoms with Gasteiger partial charge in [-0.25, -0.2) is 4.98 Å². The summed E-state index contributed by atoms with van der Waals surface area (Å²) in [6.45, 7) is 2.07. The number of para-hydroxylation sites is 1. The zero-order valence-electron chi connectivity index (χ0n) is 18.7. The van der Waals surface area contributed by atoms with Crippen molar-refractivity contribution in [3.8, 4) is 17.2 Å². The fourth-order valence-corrected chi connectivity index (χ4v) is 4.45. The molecule has 4 aromatic rings. The molecule has 0 atom stereocenters. The molecule has 0 amide bonds. The van der Waals surface area contributed by atoms with Gasteiger partial charge in [0.15, 0.2) is 22.4 Å². The van der Waals surface area contributed by atoms with Crippen LogP contribution in [0.15, 0.2) is 76.7 Å². The fourth-order valence-electron chi connectivity index (χ4n) is 3.54. The Hall–Kier alpha value is -3.58. The Morgan fingerprint density at radius 2 is 1.70 bits per heavy atom. The van der Waals surface area contributed by atoms with Crippen LogP contribution in [-0.4, -0.2) is 35.3 Å². The van der Waals surface area contributed by atoms with Crippen LogP contribution in [0.1, 0.15) is 22.8 Å². The first-order valence-corrected chi connectivity index (χ1v) is 11.5. The third kappa shape index (κ3) is 4.64. The van der Waals surface area contributed by atoms with E-state index in [0.717, 1.165) is 6.42 Å². The van der Waals surface area contributed by atoms with Crippen LogP contribution < -0.4 is 15.0 Å². The number of aromatic nitrogens is 2. The number of hydrogen-bond acceptors (Lipinski definition) is 6. The molecule has 0 saturated heterocycles. The molecule has 1 aromatic heterocycles. The molecular formula is C26H24N2O4S. The average molecular weight is 461 g/mol. The van der Waals surface area contributed by atoms with Crippen LogP contribution in [0.5, 0.6) is 11.5 Å². The number of methoxy groups -OCH3 is 2. The molecule has 0 aliphatic carbocycles. The minimum Gasteiger partial charge on any atom is -0.493 e. The molecule has 0 aliphatic heterocycles. The van der Waals surface area contributed by atoms with Crippen molar-refractivity contribution in [2.45, 2.75) is 18.5 Å². The quantitative estimate of drug-likeness (QED) is 0.211. The van der Waals surface area contributed by atoms with Crippen LogP contribution in [0.2, 0.25) is 0 Å². The molecule has 0 radical (unpaired) electrons. The maximum Gasteiger partial charge on any atom is 0.266 e. The van der Waals surface area contributed by atoms with Gasteiger partial charge in [-0.15, -0.1) is 0 Å². The summed E-state index contributed by atoms with van der Waals surface area (Å²) >= 11 is 1.24. The van der Waals surface area contributed by atoms with Crippen LogP contribution in [0.3, 0.4) is 0 Å². The molecule has 0 aliphatic rings. The summed E-state index contributed by atoms with van der Waals surface area (Å²) in [4.78, 5) is 31.0. The van der Waals surface area contributed by atoms with Gasteiger partial charge in [-0.05, 0) is 36.2 Å². The van der Waals surface area contributed by atoms with E-state index in [1.54, 1.807) is 50.6 Å². The van der Waals surface area contributed by atoms with Gasteiger partial charge >= 0.3 is 0 Å². The Morgan fingerprint density at radius 1 is 0.970 bits per heavy atom. The van der Waals surface area contributed by atoms with Gasteiger partial charge in [-0.3, -0.25) is 14.2 Å². The first-order valence-electron chi connectivity index (χ1n) is 10.5. The fraction of sp³-hybridized carbons (Fsp3) is 0.192. The summed E-state index contributed by atoms with van der Waals surface area (Å²) < 4.78 is 12.3. The number of rotatable bonds is 8. The van der Waals surface area contributed by atoms with Gasteiger partial charge in [-0.2, -0.15) is 0 Å². The number of nitrogens with zero attached hydrogens (tertiary/aromatic N) is 2. The van der Waals surface area contributed by atoms with E-state index in [9.17, 15) is 9.59 Å². The predicted octanol–water partition coefficient (Wildman–Crippen LogP) is 4.94. The van der Waals surface area contributed by atoms with Crippen molar-refractivity contribution in [1.82, 2.24) is 9.55 Å². The topological polar surface area (TPSA) is 70.4 Å². The van der Waals surface area contributed by atoms with E-state index < -0.39 is 0 Å². The molecule has 1 heterocycles. The summed E-state index contributed by atoms with van der Waals surface area (Å²) in [7, 11) is 3.10. The highest BCUT2D eigenvalue weighted by Gasteiger charge is 2.17. The normalized spacial score (nSPS) is 10.9. The summed E-state index contributed by atoms with van der Waals surface area (Å²) in [6, 6.07) is 20.0. The monoisotopic (exact) mass is 460 g/mol. The lowest BCUT2D eigenvalue weighted by molar-refractivity contribution is 0.102. The number of Topliss-reactive ketones (excluding diaryl/α,β-unsaturated/α-hetero) is 1. The molecule has 0 unspecified atom stereocenters. The average Bonchev–Trinajstić information content (AvgIpc) is 2.87. The maximum absolute atomic E-state index is 13.4. The number of benzene rings is 3. The summed E-state index contributed by atoms with van der Waals surface area (Å²) in [5.74, 6) is 1.19. The van der Waals surface area contributed by atoms with Crippen molar-refractivity contribution in [3.05, 3.63) is 88.2 Å². The first kappa shape index (κ1) is 22.6. The number of hydrogen-bond donors (Lipinski definition) is 0. The Labute approximate surface area is 196 Å². The largest absolute Gasteiger partial charge is 0.493 e. The van der Waals surface area contributed by atoms with E-state index in [1.807, 2.05) is 30.3 Å². The van der Waals surface area contributed by atoms with Crippen molar-refractivity contribution >= 4 is 28.4 Å². The molecule has 0 saturated carbocycles. The molecule has 7 heteroatoms. The third-order valence-electron chi connectivity index (χ3n) is 5.39. The maximum atomic E-state index is 13.4. The predicted molar refractivity (Wildman–Crippen MR) is 131 cm³/mol. The van der Waals surface area contributed by atoms with Gasteiger partial charge < -0.3 is 9.47 Å².